The van der Waals surface area contributed by atoms with Gasteiger partial charge in [-0.2, -0.15) is 4.98 Å². The molecule has 56 valence electrons. The van der Waals surface area contributed by atoms with Crippen LogP contribution in [0.1, 0.15) is 0 Å². The first-order valence-electron chi connectivity index (χ1n) is 3.05. The molecule has 0 atom stereocenters. The molecule has 0 unspecified atom stereocenters. The van der Waals surface area contributed by atoms with Gasteiger partial charge in [0, 0.05) is 0 Å². The Morgan fingerprint density at radius 2 is 2.09 bits per heavy atom. The number of para-hydroxylation sites is 1. The monoisotopic (exact) mass is 167 g/mol. The largest absolute Gasteiger partial charge is 0.506 e. The molecule has 0 aliphatic carbocycles. The van der Waals surface area contributed by atoms with E-state index in [0.717, 1.165) is 16.0 Å². The summed E-state index contributed by atoms with van der Waals surface area (Å²) in [5.74, 6) is 0.110. The van der Waals surface area contributed by atoms with Crippen LogP contribution in [0, 0.1) is 0 Å². The van der Waals surface area contributed by atoms with Gasteiger partial charge in [-0.05, 0) is 12.1 Å². The quantitative estimate of drug-likeness (QED) is 0.628. The van der Waals surface area contributed by atoms with Gasteiger partial charge in [0.05, 0.1) is 4.70 Å². The lowest BCUT2D eigenvalue weighted by molar-refractivity contribution is 0.466. The second kappa shape index (κ2) is 2.10. The first kappa shape index (κ1) is 6.42. The van der Waals surface area contributed by atoms with Crippen molar-refractivity contribution in [2.75, 3.05) is 0 Å². The first-order valence-corrected chi connectivity index (χ1v) is 3.86. The Bertz CT molecular complexity index is 396. The highest BCUT2D eigenvalue weighted by molar-refractivity contribution is 7.20. The van der Waals surface area contributed by atoms with Gasteiger partial charge in [0.15, 0.2) is 0 Å². The Labute approximate surface area is 66.6 Å². The average Bonchev–Trinajstić information content (AvgIpc) is 2.31. The number of aromatic nitrogens is 1. The Morgan fingerprint density at radius 3 is 2.82 bits per heavy atom. The molecule has 0 aliphatic rings. The van der Waals surface area contributed by atoms with Crippen molar-refractivity contribution in [1.29, 1.82) is 0 Å². The molecule has 0 saturated carbocycles. The summed E-state index contributed by atoms with van der Waals surface area (Å²) in [5, 5.41) is 18.2. The Balaban J connectivity index is 2.90. The van der Waals surface area contributed by atoms with Gasteiger partial charge in [0.25, 0.3) is 5.19 Å². The second-order valence-electron chi connectivity index (χ2n) is 2.12. The van der Waals surface area contributed by atoms with Crippen LogP contribution in [0.25, 0.3) is 10.2 Å². The van der Waals surface area contributed by atoms with Crippen molar-refractivity contribution in [2.45, 2.75) is 0 Å². The highest BCUT2D eigenvalue weighted by Crippen LogP contribution is 2.31. The van der Waals surface area contributed by atoms with Crippen molar-refractivity contribution in [2.24, 2.45) is 0 Å². The number of phenols is 1. The zero-order valence-corrected chi connectivity index (χ0v) is 6.30. The van der Waals surface area contributed by atoms with Crippen LogP contribution in [0.4, 0.5) is 0 Å². The number of hydrogen-bond acceptors (Lipinski definition) is 4. The average molecular weight is 167 g/mol. The minimum absolute atomic E-state index is 0.0125. The molecule has 2 aromatic rings. The number of aromatic hydroxyl groups is 2. The predicted octanol–water partition coefficient (Wildman–Crippen LogP) is 1.71. The minimum atomic E-state index is -0.0125. The fourth-order valence-corrected chi connectivity index (χ4v) is 1.65. The smallest absolute Gasteiger partial charge is 0.271 e. The zero-order valence-electron chi connectivity index (χ0n) is 5.48. The lowest BCUT2D eigenvalue weighted by Gasteiger charge is -1.88. The fraction of sp³-hybridized carbons (Fsp3) is 0. The molecule has 0 fully saturated rings. The maximum atomic E-state index is 9.22. The number of hydrogen-bond donors (Lipinski definition) is 2. The third-order valence-corrected chi connectivity index (χ3v) is 2.21. The molecule has 0 saturated heterocycles. The van der Waals surface area contributed by atoms with E-state index in [9.17, 15) is 5.11 Å². The van der Waals surface area contributed by atoms with Crippen LogP contribution in [0.2, 0.25) is 0 Å². The maximum Gasteiger partial charge on any atom is 0.271 e. The molecule has 0 spiro atoms. The van der Waals surface area contributed by atoms with Crippen LogP contribution in [0.15, 0.2) is 18.2 Å². The first-order chi connectivity index (χ1) is 5.27. The third-order valence-electron chi connectivity index (χ3n) is 1.39. The van der Waals surface area contributed by atoms with Gasteiger partial charge < -0.3 is 10.2 Å². The number of thiazole rings is 1. The van der Waals surface area contributed by atoms with Crippen molar-refractivity contribution in [1.82, 2.24) is 4.98 Å². The van der Waals surface area contributed by atoms with Crippen molar-refractivity contribution < 1.29 is 10.2 Å². The fourth-order valence-electron chi connectivity index (χ4n) is 0.922. The summed E-state index contributed by atoms with van der Waals surface area (Å²) in [6, 6.07) is 5.06. The molecule has 0 aliphatic heterocycles. The summed E-state index contributed by atoms with van der Waals surface area (Å²) in [4.78, 5) is 3.74. The number of rotatable bonds is 0. The van der Waals surface area contributed by atoms with Gasteiger partial charge in [-0.25, -0.2) is 0 Å². The number of phenolic OH excluding ortho intramolecular Hbond substituents is 1. The van der Waals surface area contributed by atoms with Gasteiger partial charge in [-0.1, -0.05) is 17.4 Å². The molecule has 2 N–H and O–H groups in total. The summed E-state index contributed by atoms with van der Waals surface area (Å²) in [6.07, 6.45) is 0. The highest BCUT2D eigenvalue weighted by atomic mass is 32.1. The van der Waals surface area contributed by atoms with Crippen LogP contribution in [0.5, 0.6) is 10.9 Å². The minimum Gasteiger partial charge on any atom is -0.506 e. The van der Waals surface area contributed by atoms with E-state index in [0.29, 0.717) is 5.52 Å². The Hall–Kier alpha value is -1.29. The summed E-state index contributed by atoms with van der Waals surface area (Å²) in [7, 11) is 0. The molecule has 1 aromatic carbocycles. The van der Waals surface area contributed by atoms with E-state index in [1.54, 1.807) is 18.2 Å². The van der Waals surface area contributed by atoms with E-state index >= 15 is 0 Å². The SMILES string of the molecule is Oc1nc2c(O)cccc2s1. The highest BCUT2D eigenvalue weighted by Gasteiger charge is 2.04. The van der Waals surface area contributed by atoms with E-state index < -0.39 is 0 Å². The van der Waals surface area contributed by atoms with Crippen molar-refractivity contribution >= 4 is 21.6 Å². The van der Waals surface area contributed by atoms with Crippen LogP contribution in [0.3, 0.4) is 0 Å². The molecule has 0 bridgehead atoms. The van der Waals surface area contributed by atoms with E-state index in [4.69, 9.17) is 5.11 Å². The lowest BCUT2D eigenvalue weighted by atomic mass is 10.3. The predicted molar refractivity (Wildman–Crippen MR) is 42.9 cm³/mol. The molecule has 11 heavy (non-hydrogen) atoms. The standard InChI is InChI=1S/C7H5NO2S/c9-4-2-1-3-5-6(4)8-7(10)11-5/h1-3,9H,(H,8,10). The van der Waals surface area contributed by atoms with Crippen LogP contribution in [-0.4, -0.2) is 15.2 Å². The van der Waals surface area contributed by atoms with Gasteiger partial charge in [-0.15, -0.1) is 0 Å². The third kappa shape index (κ3) is 0.914. The van der Waals surface area contributed by atoms with Crippen molar-refractivity contribution in [3.8, 4) is 10.9 Å². The van der Waals surface area contributed by atoms with E-state index in [-0.39, 0.29) is 10.9 Å². The molecule has 4 heteroatoms. The number of fused-ring (bicyclic) bond motifs is 1. The van der Waals surface area contributed by atoms with Gasteiger partial charge in [0.1, 0.15) is 11.3 Å². The van der Waals surface area contributed by atoms with Crippen LogP contribution in [-0.2, 0) is 0 Å². The lowest BCUT2D eigenvalue weighted by Crippen LogP contribution is -1.67. The Kier molecular flexibility index (Phi) is 1.22. The number of nitrogens with zero attached hydrogens (tertiary/aromatic N) is 1. The van der Waals surface area contributed by atoms with E-state index in [2.05, 4.69) is 4.98 Å². The summed E-state index contributed by atoms with van der Waals surface area (Å²) < 4.78 is 0.794. The zero-order chi connectivity index (χ0) is 7.84. The molecule has 0 amide bonds. The van der Waals surface area contributed by atoms with Crippen LogP contribution >= 0.6 is 11.3 Å². The normalized spacial score (nSPS) is 10.5. The number of benzene rings is 1. The topological polar surface area (TPSA) is 53.4 Å². The summed E-state index contributed by atoms with van der Waals surface area (Å²) in [5.41, 5.74) is 0.468. The maximum absolute atomic E-state index is 9.22. The molecule has 1 heterocycles. The van der Waals surface area contributed by atoms with Crippen molar-refractivity contribution in [3.63, 3.8) is 0 Å². The summed E-state index contributed by atoms with van der Waals surface area (Å²) >= 11 is 1.15. The van der Waals surface area contributed by atoms with E-state index in [1.165, 1.54) is 0 Å². The molecule has 0 radical (unpaired) electrons. The molecular formula is C7H5NO2S. The summed E-state index contributed by atoms with van der Waals surface area (Å²) in [6.45, 7) is 0. The molecule has 1 aromatic heterocycles. The Morgan fingerprint density at radius 1 is 1.27 bits per heavy atom. The molecule has 3 nitrogen and oxygen atoms in total. The van der Waals surface area contributed by atoms with Gasteiger partial charge in [-0.3, -0.25) is 0 Å². The second-order valence-corrected chi connectivity index (χ2v) is 3.13. The van der Waals surface area contributed by atoms with Gasteiger partial charge in [0.2, 0.25) is 0 Å². The molecule has 2 rings (SSSR count). The van der Waals surface area contributed by atoms with Crippen molar-refractivity contribution in [3.05, 3.63) is 18.2 Å². The van der Waals surface area contributed by atoms with Gasteiger partial charge >= 0.3 is 0 Å². The van der Waals surface area contributed by atoms with E-state index in [1.807, 2.05) is 0 Å². The van der Waals surface area contributed by atoms with Crippen LogP contribution < -0.4 is 0 Å². The molecular weight excluding hydrogens is 162 g/mol.